The lowest BCUT2D eigenvalue weighted by Gasteiger charge is -2.35. The van der Waals surface area contributed by atoms with E-state index in [9.17, 15) is 4.79 Å². The standard InChI is InChI=1S/C19H25N3O2S/c1-13-9-22(10-14(2)24-13)11-17-7-5-4-6-16(17)8-20-19(23)18-12-25-15(3)21-18/h4-7,12-14H,8-11H2,1-3H3,(H,20,23). The maximum absolute atomic E-state index is 12.2. The summed E-state index contributed by atoms with van der Waals surface area (Å²) in [5.74, 6) is -0.118. The number of morpholine rings is 1. The summed E-state index contributed by atoms with van der Waals surface area (Å²) in [4.78, 5) is 18.9. The molecule has 25 heavy (non-hydrogen) atoms. The van der Waals surface area contributed by atoms with Crippen molar-refractivity contribution in [1.82, 2.24) is 15.2 Å². The highest BCUT2D eigenvalue weighted by Crippen LogP contribution is 2.17. The zero-order valence-corrected chi connectivity index (χ0v) is 15.8. The molecule has 0 saturated carbocycles. The Hall–Kier alpha value is -1.76. The Balaban J connectivity index is 1.63. The van der Waals surface area contributed by atoms with Gasteiger partial charge in [0.05, 0.1) is 17.2 Å². The van der Waals surface area contributed by atoms with E-state index < -0.39 is 0 Å². The van der Waals surface area contributed by atoms with E-state index in [0.29, 0.717) is 12.2 Å². The second kappa shape index (κ2) is 8.08. The fourth-order valence-corrected chi connectivity index (χ4v) is 3.87. The number of aryl methyl sites for hydroxylation is 1. The van der Waals surface area contributed by atoms with Crippen LogP contribution < -0.4 is 5.32 Å². The average molecular weight is 359 g/mol. The van der Waals surface area contributed by atoms with Gasteiger partial charge in [0.15, 0.2) is 0 Å². The summed E-state index contributed by atoms with van der Waals surface area (Å²) >= 11 is 1.49. The number of carbonyl (C=O) groups excluding carboxylic acids is 1. The molecule has 1 aliphatic heterocycles. The van der Waals surface area contributed by atoms with Crippen molar-refractivity contribution in [2.75, 3.05) is 13.1 Å². The lowest BCUT2D eigenvalue weighted by atomic mass is 10.1. The topological polar surface area (TPSA) is 54.5 Å². The SMILES string of the molecule is Cc1nc(C(=O)NCc2ccccc2CN2CC(C)OC(C)C2)cs1. The quantitative estimate of drug-likeness (QED) is 0.892. The molecule has 2 aromatic rings. The summed E-state index contributed by atoms with van der Waals surface area (Å²) < 4.78 is 5.81. The van der Waals surface area contributed by atoms with Crippen molar-refractivity contribution in [3.8, 4) is 0 Å². The molecule has 1 aromatic heterocycles. The van der Waals surface area contributed by atoms with Gasteiger partial charge in [0, 0.05) is 31.6 Å². The summed E-state index contributed by atoms with van der Waals surface area (Å²) in [5, 5.41) is 5.69. The third-order valence-electron chi connectivity index (χ3n) is 4.30. The zero-order chi connectivity index (χ0) is 17.8. The molecule has 0 spiro atoms. The molecule has 1 amide bonds. The van der Waals surface area contributed by atoms with Crippen molar-refractivity contribution in [2.45, 2.75) is 46.1 Å². The second-order valence-electron chi connectivity index (χ2n) is 6.65. The van der Waals surface area contributed by atoms with Crippen molar-refractivity contribution in [2.24, 2.45) is 0 Å². The molecule has 2 atom stereocenters. The number of nitrogens with one attached hydrogen (secondary N) is 1. The second-order valence-corrected chi connectivity index (χ2v) is 7.72. The monoisotopic (exact) mass is 359 g/mol. The summed E-state index contributed by atoms with van der Waals surface area (Å²) in [5.41, 5.74) is 2.89. The summed E-state index contributed by atoms with van der Waals surface area (Å²) in [6.45, 7) is 9.39. The number of benzene rings is 1. The molecule has 0 aliphatic carbocycles. The van der Waals surface area contributed by atoms with Crippen molar-refractivity contribution < 1.29 is 9.53 Å². The Bertz CT molecular complexity index is 721. The lowest BCUT2D eigenvalue weighted by Crippen LogP contribution is -2.45. The summed E-state index contributed by atoms with van der Waals surface area (Å²) in [7, 11) is 0. The van der Waals surface area contributed by atoms with Crippen molar-refractivity contribution in [3.63, 3.8) is 0 Å². The molecule has 1 N–H and O–H groups in total. The van der Waals surface area contributed by atoms with Crippen LogP contribution >= 0.6 is 11.3 Å². The van der Waals surface area contributed by atoms with Crippen LogP contribution in [0.5, 0.6) is 0 Å². The first-order valence-electron chi connectivity index (χ1n) is 8.66. The Labute approximate surface area is 153 Å². The zero-order valence-electron chi connectivity index (χ0n) is 15.0. The van der Waals surface area contributed by atoms with E-state index in [1.165, 1.54) is 16.9 Å². The first kappa shape index (κ1) is 18.0. The van der Waals surface area contributed by atoms with E-state index >= 15 is 0 Å². The minimum atomic E-state index is -0.118. The van der Waals surface area contributed by atoms with Crippen LogP contribution in [0.4, 0.5) is 0 Å². The number of rotatable bonds is 5. The van der Waals surface area contributed by atoms with E-state index in [0.717, 1.165) is 30.2 Å². The average Bonchev–Trinajstić information content (AvgIpc) is 2.99. The number of thiazole rings is 1. The van der Waals surface area contributed by atoms with Crippen molar-refractivity contribution in [3.05, 3.63) is 51.5 Å². The van der Waals surface area contributed by atoms with Gasteiger partial charge in [-0.2, -0.15) is 0 Å². The van der Waals surface area contributed by atoms with Gasteiger partial charge in [0.2, 0.25) is 0 Å². The summed E-state index contributed by atoms with van der Waals surface area (Å²) in [6.07, 6.45) is 0.507. The Morgan fingerprint density at radius 3 is 2.60 bits per heavy atom. The third-order valence-corrected chi connectivity index (χ3v) is 5.07. The van der Waals surface area contributed by atoms with Crippen LogP contribution in [0.25, 0.3) is 0 Å². The Morgan fingerprint density at radius 2 is 1.96 bits per heavy atom. The highest BCUT2D eigenvalue weighted by Gasteiger charge is 2.22. The first-order valence-corrected chi connectivity index (χ1v) is 9.54. The van der Waals surface area contributed by atoms with Gasteiger partial charge in [-0.15, -0.1) is 11.3 Å². The molecule has 3 rings (SSSR count). The van der Waals surface area contributed by atoms with Crippen LogP contribution in [0.3, 0.4) is 0 Å². The normalized spacial score (nSPS) is 21.2. The minimum Gasteiger partial charge on any atom is -0.373 e. The van der Waals surface area contributed by atoms with Crippen LogP contribution in [0, 0.1) is 6.92 Å². The highest BCUT2D eigenvalue weighted by atomic mass is 32.1. The van der Waals surface area contributed by atoms with E-state index in [4.69, 9.17) is 4.74 Å². The predicted octanol–water partition coefficient (Wildman–Crippen LogP) is 2.99. The van der Waals surface area contributed by atoms with Gasteiger partial charge in [0.1, 0.15) is 5.69 Å². The molecular formula is C19H25N3O2S. The Kier molecular flexibility index (Phi) is 5.83. The maximum atomic E-state index is 12.2. The fraction of sp³-hybridized carbons (Fsp3) is 0.474. The molecule has 1 fully saturated rings. The fourth-order valence-electron chi connectivity index (χ4n) is 3.27. The molecule has 1 aliphatic rings. The molecule has 5 nitrogen and oxygen atoms in total. The maximum Gasteiger partial charge on any atom is 0.271 e. The molecule has 0 bridgehead atoms. The highest BCUT2D eigenvalue weighted by molar-refractivity contribution is 7.09. The molecular weight excluding hydrogens is 334 g/mol. The number of hydrogen-bond donors (Lipinski definition) is 1. The van der Waals surface area contributed by atoms with Crippen molar-refractivity contribution >= 4 is 17.2 Å². The van der Waals surface area contributed by atoms with Crippen LogP contribution in [-0.4, -0.2) is 41.1 Å². The number of ether oxygens (including phenoxy) is 1. The molecule has 2 heterocycles. The first-order chi connectivity index (χ1) is 12.0. The number of nitrogens with zero attached hydrogens (tertiary/aromatic N) is 2. The molecule has 1 saturated heterocycles. The minimum absolute atomic E-state index is 0.118. The molecule has 6 heteroatoms. The largest absolute Gasteiger partial charge is 0.373 e. The van der Waals surface area contributed by atoms with Crippen LogP contribution in [0.1, 0.15) is 40.5 Å². The molecule has 1 aromatic carbocycles. The van der Waals surface area contributed by atoms with E-state index in [2.05, 4.69) is 47.2 Å². The van der Waals surface area contributed by atoms with Crippen LogP contribution in [-0.2, 0) is 17.8 Å². The molecule has 134 valence electrons. The summed E-state index contributed by atoms with van der Waals surface area (Å²) in [6, 6.07) is 8.29. The van der Waals surface area contributed by atoms with Gasteiger partial charge in [-0.05, 0) is 31.9 Å². The lowest BCUT2D eigenvalue weighted by molar-refractivity contribution is -0.0705. The van der Waals surface area contributed by atoms with Crippen LogP contribution in [0.15, 0.2) is 29.6 Å². The van der Waals surface area contributed by atoms with E-state index in [1.807, 2.05) is 13.0 Å². The van der Waals surface area contributed by atoms with Gasteiger partial charge in [-0.25, -0.2) is 4.98 Å². The Morgan fingerprint density at radius 1 is 1.28 bits per heavy atom. The number of hydrogen-bond acceptors (Lipinski definition) is 5. The van der Waals surface area contributed by atoms with Crippen molar-refractivity contribution in [1.29, 1.82) is 0 Å². The smallest absolute Gasteiger partial charge is 0.271 e. The van der Waals surface area contributed by atoms with Gasteiger partial charge in [-0.3, -0.25) is 9.69 Å². The van der Waals surface area contributed by atoms with Gasteiger partial charge in [-0.1, -0.05) is 24.3 Å². The van der Waals surface area contributed by atoms with E-state index in [1.54, 1.807) is 5.38 Å². The van der Waals surface area contributed by atoms with Crippen LogP contribution in [0.2, 0.25) is 0 Å². The number of carbonyl (C=O) groups is 1. The number of amides is 1. The predicted molar refractivity (Wildman–Crippen MR) is 99.7 cm³/mol. The van der Waals surface area contributed by atoms with E-state index in [-0.39, 0.29) is 18.1 Å². The van der Waals surface area contributed by atoms with Gasteiger partial charge < -0.3 is 10.1 Å². The molecule has 0 radical (unpaired) electrons. The van der Waals surface area contributed by atoms with Gasteiger partial charge >= 0.3 is 0 Å². The third kappa shape index (κ3) is 4.87. The number of aromatic nitrogens is 1. The van der Waals surface area contributed by atoms with Gasteiger partial charge in [0.25, 0.3) is 5.91 Å². The molecule has 2 unspecified atom stereocenters.